The zero-order valence-corrected chi connectivity index (χ0v) is 11.2. The van der Waals surface area contributed by atoms with Crippen molar-refractivity contribution in [2.75, 3.05) is 7.11 Å². The minimum Gasteiger partial charge on any atom is -0.497 e. The van der Waals surface area contributed by atoms with Crippen molar-refractivity contribution < 1.29 is 14.9 Å². The summed E-state index contributed by atoms with van der Waals surface area (Å²) in [5, 5.41) is 19.9. The zero-order chi connectivity index (χ0) is 14.4. The molecule has 0 spiro atoms. The van der Waals surface area contributed by atoms with E-state index in [1.54, 1.807) is 43.5 Å². The third-order valence-electron chi connectivity index (χ3n) is 2.88. The monoisotopic (exact) mass is 268 g/mol. The standard InChI is InChI=1S/C17H16O3/c1-20-15-9-5-8-14(12-15)17(19)11-10-16(18)13-6-3-2-4-7-13/h2-9,12,16-19H,1H3. The summed E-state index contributed by atoms with van der Waals surface area (Å²) in [6.45, 7) is 0. The number of ether oxygens (including phenoxy) is 1. The van der Waals surface area contributed by atoms with Gasteiger partial charge in [-0.1, -0.05) is 54.3 Å². The molecule has 0 heterocycles. The third kappa shape index (κ3) is 3.61. The molecule has 0 fully saturated rings. The van der Waals surface area contributed by atoms with Gasteiger partial charge in [0.1, 0.15) is 18.0 Å². The molecule has 2 aromatic carbocycles. The van der Waals surface area contributed by atoms with Crippen molar-refractivity contribution in [1.29, 1.82) is 0 Å². The Morgan fingerprint density at radius 3 is 2.10 bits per heavy atom. The number of benzene rings is 2. The van der Waals surface area contributed by atoms with Gasteiger partial charge >= 0.3 is 0 Å². The molecular weight excluding hydrogens is 252 g/mol. The average Bonchev–Trinajstić information content (AvgIpc) is 2.53. The summed E-state index contributed by atoms with van der Waals surface area (Å²) in [5.41, 5.74) is 1.34. The van der Waals surface area contributed by atoms with Gasteiger partial charge in [0.15, 0.2) is 0 Å². The Balaban J connectivity index is 2.11. The number of hydrogen-bond donors (Lipinski definition) is 2. The maximum absolute atomic E-state index is 10.00. The number of aliphatic hydroxyl groups is 2. The predicted octanol–water partition coefficient (Wildman–Crippen LogP) is 2.47. The van der Waals surface area contributed by atoms with Gasteiger partial charge in [-0.3, -0.25) is 0 Å². The minimum absolute atomic E-state index is 0.636. The summed E-state index contributed by atoms with van der Waals surface area (Å²) in [5.74, 6) is 5.96. The van der Waals surface area contributed by atoms with Gasteiger partial charge in [-0.15, -0.1) is 0 Å². The second-order valence-corrected chi connectivity index (χ2v) is 4.28. The fraction of sp³-hybridized carbons (Fsp3) is 0.176. The summed E-state index contributed by atoms with van der Waals surface area (Å²) in [4.78, 5) is 0. The van der Waals surface area contributed by atoms with Crippen LogP contribution < -0.4 is 4.74 Å². The number of aliphatic hydroxyl groups excluding tert-OH is 2. The third-order valence-corrected chi connectivity index (χ3v) is 2.88. The minimum atomic E-state index is -0.955. The summed E-state index contributed by atoms with van der Waals surface area (Å²) >= 11 is 0. The molecule has 2 atom stereocenters. The van der Waals surface area contributed by atoms with Crippen LogP contribution in [0.5, 0.6) is 5.75 Å². The van der Waals surface area contributed by atoms with Crippen LogP contribution in [0.4, 0.5) is 0 Å². The summed E-state index contributed by atoms with van der Waals surface area (Å²) < 4.78 is 5.09. The Morgan fingerprint density at radius 2 is 1.45 bits per heavy atom. The van der Waals surface area contributed by atoms with Gasteiger partial charge in [0.25, 0.3) is 0 Å². The molecule has 0 aliphatic heterocycles. The quantitative estimate of drug-likeness (QED) is 0.841. The average molecular weight is 268 g/mol. The highest BCUT2D eigenvalue weighted by Crippen LogP contribution is 2.19. The Bertz CT molecular complexity index is 611. The Kier molecular flexibility index (Phi) is 4.78. The molecule has 3 nitrogen and oxygen atoms in total. The van der Waals surface area contributed by atoms with Crippen LogP contribution in [-0.2, 0) is 0 Å². The van der Waals surface area contributed by atoms with Gasteiger partial charge in [0.2, 0.25) is 0 Å². The van der Waals surface area contributed by atoms with Gasteiger partial charge < -0.3 is 14.9 Å². The molecule has 102 valence electrons. The van der Waals surface area contributed by atoms with E-state index in [1.165, 1.54) is 0 Å². The molecule has 20 heavy (non-hydrogen) atoms. The van der Waals surface area contributed by atoms with E-state index in [0.717, 1.165) is 0 Å². The van der Waals surface area contributed by atoms with Crippen molar-refractivity contribution in [3.63, 3.8) is 0 Å². The van der Waals surface area contributed by atoms with Gasteiger partial charge in [-0.05, 0) is 23.3 Å². The van der Waals surface area contributed by atoms with Crippen LogP contribution in [0.3, 0.4) is 0 Å². The van der Waals surface area contributed by atoms with E-state index in [0.29, 0.717) is 16.9 Å². The van der Waals surface area contributed by atoms with Gasteiger partial charge in [0, 0.05) is 0 Å². The molecule has 0 aliphatic carbocycles. The molecule has 0 amide bonds. The topological polar surface area (TPSA) is 49.7 Å². The first-order valence-corrected chi connectivity index (χ1v) is 6.27. The highest BCUT2D eigenvalue weighted by molar-refractivity contribution is 5.34. The first-order valence-electron chi connectivity index (χ1n) is 6.27. The van der Waals surface area contributed by atoms with Crippen molar-refractivity contribution in [2.24, 2.45) is 0 Å². The van der Waals surface area contributed by atoms with Crippen molar-refractivity contribution in [2.45, 2.75) is 12.2 Å². The fourth-order valence-electron chi connectivity index (χ4n) is 1.77. The molecule has 2 unspecified atom stereocenters. The maximum Gasteiger partial charge on any atom is 0.140 e. The van der Waals surface area contributed by atoms with Gasteiger partial charge in [0.05, 0.1) is 7.11 Å². The molecule has 0 aromatic heterocycles. The van der Waals surface area contributed by atoms with Crippen molar-refractivity contribution in [1.82, 2.24) is 0 Å². The van der Waals surface area contributed by atoms with Crippen molar-refractivity contribution >= 4 is 0 Å². The van der Waals surface area contributed by atoms with Gasteiger partial charge in [-0.25, -0.2) is 0 Å². The molecule has 0 saturated heterocycles. The molecule has 0 radical (unpaired) electrons. The second-order valence-electron chi connectivity index (χ2n) is 4.28. The van der Waals surface area contributed by atoms with E-state index in [-0.39, 0.29) is 0 Å². The molecule has 2 N–H and O–H groups in total. The SMILES string of the molecule is COc1cccc(C(O)C#CC(O)c2ccccc2)c1. The molecule has 2 rings (SSSR count). The predicted molar refractivity (Wildman–Crippen MR) is 77.1 cm³/mol. The first kappa shape index (κ1) is 14.1. The first-order chi connectivity index (χ1) is 9.70. The van der Waals surface area contributed by atoms with Crippen LogP contribution >= 0.6 is 0 Å². The second kappa shape index (κ2) is 6.76. The van der Waals surface area contributed by atoms with Crippen LogP contribution in [-0.4, -0.2) is 17.3 Å². The molecule has 0 aliphatic rings. The highest BCUT2D eigenvalue weighted by Gasteiger charge is 2.06. The smallest absolute Gasteiger partial charge is 0.140 e. The lowest BCUT2D eigenvalue weighted by atomic mass is 10.1. The largest absolute Gasteiger partial charge is 0.497 e. The Hall–Kier alpha value is -2.28. The van der Waals surface area contributed by atoms with Crippen LogP contribution in [0.2, 0.25) is 0 Å². The number of rotatable bonds is 3. The Labute approximate surface area is 118 Å². The van der Waals surface area contributed by atoms with Crippen molar-refractivity contribution in [3.05, 3.63) is 65.7 Å². The molecule has 0 bridgehead atoms. The fourth-order valence-corrected chi connectivity index (χ4v) is 1.77. The van der Waals surface area contributed by atoms with Crippen molar-refractivity contribution in [3.8, 4) is 17.6 Å². The lowest BCUT2D eigenvalue weighted by molar-refractivity contribution is 0.227. The molecular formula is C17H16O3. The van der Waals surface area contributed by atoms with Gasteiger partial charge in [-0.2, -0.15) is 0 Å². The summed E-state index contributed by atoms with van der Waals surface area (Å²) in [7, 11) is 1.57. The van der Waals surface area contributed by atoms with E-state index in [9.17, 15) is 10.2 Å². The van der Waals surface area contributed by atoms with E-state index < -0.39 is 12.2 Å². The van der Waals surface area contributed by atoms with Crippen LogP contribution in [0.15, 0.2) is 54.6 Å². The molecule has 0 saturated carbocycles. The lowest BCUT2D eigenvalue weighted by Gasteiger charge is -2.07. The zero-order valence-electron chi connectivity index (χ0n) is 11.2. The number of hydrogen-bond acceptors (Lipinski definition) is 3. The molecule has 2 aromatic rings. The number of methoxy groups -OCH3 is 1. The normalized spacial score (nSPS) is 12.9. The highest BCUT2D eigenvalue weighted by atomic mass is 16.5. The molecule has 3 heteroatoms. The Morgan fingerprint density at radius 1 is 0.850 bits per heavy atom. The van der Waals surface area contributed by atoms with E-state index >= 15 is 0 Å². The van der Waals surface area contributed by atoms with Crippen LogP contribution in [0.25, 0.3) is 0 Å². The maximum atomic E-state index is 10.00. The lowest BCUT2D eigenvalue weighted by Crippen LogP contribution is -1.97. The summed E-state index contributed by atoms with van der Waals surface area (Å²) in [6, 6.07) is 16.2. The van der Waals surface area contributed by atoms with E-state index in [4.69, 9.17) is 4.74 Å². The van der Waals surface area contributed by atoms with Crippen LogP contribution in [0.1, 0.15) is 23.3 Å². The summed E-state index contributed by atoms with van der Waals surface area (Å²) in [6.07, 6.45) is -1.86. The van der Waals surface area contributed by atoms with Crippen LogP contribution in [0, 0.1) is 11.8 Å². The van der Waals surface area contributed by atoms with E-state index in [1.807, 2.05) is 18.2 Å². The van der Waals surface area contributed by atoms with E-state index in [2.05, 4.69) is 11.8 Å².